The van der Waals surface area contributed by atoms with Crippen molar-refractivity contribution < 1.29 is 9.53 Å². The molecule has 2 aromatic heterocycles. The molecule has 0 aliphatic rings. The Morgan fingerprint density at radius 3 is 2.61 bits per heavy atom. The number of fused-ring (bicyclic) bond motifs is 1. The maximum atomic E-state index is 12.3. The van der Waals surface area contributed by atoms with Crippen molar-refractivity contribution in [3.63, 3.8) is 0 Å². The standard InChI is InChI=1S/C14H12ClN5O3/c1-3-23-13(22)11-18-20(10-6-4-9(15)5-7-10)14-17-16-8(2)12(21)19(11)14/h4-7H,3H2,1-2H3. The fourth-order valence-corrected chi connectivity index (χ4v) is 2.18. The highest BCUT2D eigenvalue weighted by Gasteiger charge is 2.22. The number of hydrogen-bond acceptors (Lipinski definition) is 6. The minimum atomic E-state index is -0.709. The molecule has 3 rings (SSSR count). The van der Waals surface area contributed by atoms with Crippen LogP contribution in [0.3, 0.4) is 0 Å². The predicted octanol–water partition coefficient (Wildman–Crippen LogP) is 1.41. The van der Waals surface area contributed by atoms with Crippen molar-refractivity contribution in [3.05, 3.63) is 51.2 Å². The van der Waals surface area contributed by atoms with Crippen molar-refractivity contribution in [2.75, 3.05) is 6.61 Å². The van der Waals surface area contributed by atoms with Gasteiger partial charge in [0.25, 0.3) is 11.3 Å². The van der Waals surface area contributed by atoms with Gasteiger partial charge in [0.05, 0.1) is 12.3 Å². The van der Waals surface area contributed by atoms with E-state index < -0.39 is 11.5 Å². The van der Waals surface area contributed by atoms with Gasteiger partial charge in [-0.15, -0.1) is 15.3 Å². The molecule has 0 saturated carbocycles. The normalized spacial score (nSPS) is 10.9. The number of aromatic nitrogens is 5. The first-order chi connectivity index (χ1) is 11.0. The summed E-state index contributed by atoms with van der Waals surface area (Å²) in [4.78, 5) is 24.4. The zero-order chi connectivity index (χ0) is 16.6. The van der Waals surface area contributed by atoms with Gasteiger partial charge in [-0.05, 0) is 38.1 Å². The molecule has 0 aliphatic carbocycles. The second kappa shape index (κ2) is 5.81. The maximum absolute atomic E-state index is 12.3. The lowest BCUT2D eigenvalue weighted by atomic mass is 10.3. The molecule has 118 valence electrons. The predicted molar refractivity (Wildman–Crippen MR) is 82.1 cm³/mol. The first-order valence-electron chi connectivity index (χ1n) is 6.81. The molecule has 1 aromatic carbocycles. The molecule has 0 fully saturated rings. The molecular formula is C14H12ClN5O3. The van der Waals surface area contributed by atoms with Crippen molar-refractivity contribution in [1.82, 2.24) is 24.4 Å². The van der Waals surface area contributed by atoms with Crippen LogP contribution in [-0.4, -0.2) is 37.0 Å². The average molecular weight is 334 g/mol. The van der Waals surface area contributed by atoms with Crippen LogP contribution in [0.15, 0.2) is 29.1 Å². The first-order valence-corrected chi connectivity index (χ1v) is 7.19. The van der Waals surface area contributed by atoms with Crippen molar-refractivity contribution in [2.45, 2.75) is 13.8 Å². The third-order valence-corrected chi connectivity index (χ3v) is 3.38. The Morgan fingerprint density at radius 2 is 1.96 bits per heavy atom. The van der Waals surface area contributed by atoms with E-state index in [2.05, 4.69) is 15.3 Å². The number of esters is 1. The summed E-state index contributed by atoms with van der Waals surface area (Å²) in [6, 6.07) is 6.71. The molecule has 0 saturated heterocycles. The number of benzene rings is 1. The molecule has 0 aliphatic heterocycles. The van der Waals surface area contributed by atoms with Crippen LogP contribution >= 0.6 is 11.6 Å². The Balaban J connectivity index is 2.32. The molecule has 0 unspecified atom stereocenters. The molecule has 0 atom stereocenters. The van der Waals surface area contributed by atoms with Crippen molar-refractivity contribution in [1.29, 1.82) is 0 Å². The summed E-state index contributed by atoms with van der Waals surface area (Å²) in [5.41, 5.74) is 0.266. The average Bonchev–Trinajstić information content (AvgIpc) is 2.92. The summed E-state index contributed by atoms with van der Waals surface area (Å²) >= 11 is 5.87. The number of aryl methyl sites for hydroxylation is 1. The van der Waals surface area contributed by atoms with Gasteiger partial charge >= 0.3 is 5.97 Å². The van der Waals surface area contributed by atoms with Crippen LogP contribution in [0, 0.1) is 6.92 Å². The van der Waals surface area contributed by atoms with Gasteiger partial charge < -0.3 is 4.74 Å². The van der Waals surface area contributed by atoms with Gasteiger partial charge in [0.2, 0.25) is 5.82 Å². The van der Waals surface area contributed by atoms with E-state index in [4.69, 9.17) is 16.3 Å². The van der Waals surface area contributed by atoms with Crippen LogP contribution < -0.4 is 5.56 Å². The Labute approximate surface area is 135 Å². The molecule has 0 N–H and O–H groups in total. The Morgan fingerprint density at radius 1 is 1.26 bits per heavy atom. The van der Waals surface area contributed by atoms with Gasteiger partial charge in [0, 0.05) is 5.02 Å². The Kier molecular flexibility index (Phi) is 3.83. The van der Waals surface area contributed by atoms with Crippen LogP contribution in [0.1, 0.15) is 23.2 Å². The molecule has 3 aromatic rings. The molecule has 0 spiro atoms. The number of carbonyl (C=O) groups excluding carboxylic acids is 1. The summed E-state index contributed by atoms with van der Waals surface area (Å²) in [5, 5.41) is 12.5. The largest absolute Gasteiger partial charge is 0.460 e. The number of hydrogen-bond donors (Lipinski definition) is 0. The third kappa shape index (κ3) is 2.57. The van der Waals surface area contributed by atoms with Crippen molar-refractivity contribution >= 4 is 23.3 Å². The number of carbonyl (C=O) groups is 1. The fourth-order valence-electron chi connectivity index (χ4n) is 2.06. The van der Waals surface area contributed by atoms with Crippen molar-refractivity contribution in [2.24, 2.45) is 0 Å². The number of ether oxygens (including phenoxy) is 1. The highest BCUT2D eigenvalue weighted by Crippen LogP contribution is 2.15. The van der Waals surface area contributed by atoms with Crippen LogP contribution in [0.4, 0.5) is 0 Å². The van der Waals surface area contributed by atoms with Gasteiger partial charge in [-0.3, -0.25) is 4.79 Å². The molecular weight excluding hydrogens is 322 g/mol. The lowest BCUT2D eigenvalue weighted by molar-refractivity contribution is 0.0509. The third-order valence-electron chi connectivity index (χ3n) is 3.13. The molecule has 0 amide bonds. The minimum absolute atomic E-state index is 0.117. The lowest BCUT2D eigenvalue weighted by Crippen LogP contribution is -2.23. The topological polar surface area (TPSA) is 91.4 Å². The molecule has 2 heterocycles. The zero-order valence-electron chi connectivity index (χ0n) is 12.4. The van der Waals surface area contributed by atoms with E-state index in [-0.39, 0.29) is 23.9 Å². The van der Waals surface area contributed by atoms with Gasteiger partial charge in [-0.1, -0.05) is 11.6 Å². The fraction of sp³-hybridized carbons (Fsp3) is 0.214. The smallest absolute Gasteiger partial charge is 0.376 e. The van der Waals surface area contributed by atoms with Crippen molar-refractivity contribution in [3.8, 4) is 5.69 Å². The first kappa shape index (κ1) is 15.2. The SMILES string of the molecule is CCOC(=O)c1nn(-c2ccc(Cl)cc2)c2nnc(C)c(=O)n12. The Hall–Kier alpha value is -2.74. The van der Waals surface area contributed by atoms with Gasteiger partial charge in [-0.2, -0.15) is 4.68 Å². The van der Waals surface area contributed by atoms with Gasteiger partial charge in [0.1, 0.15) is 5.69 Å². The lowest BCUT2D eigenvalue weighted by Gasteiger charge is -2.01. The maximum Gasteiger partial charge on any atom is 0.376 e. The van der Waals surface area contributed by atoms with Crippen LogP contribution in [-0.2, 0) is 4.74 Å². The molecule has 9 heteroatoms. The molecule has 8 nitrogen and oxygen atoms in total. The van der Waals surface area contributed by atoms with Crippen LogP contribution in [0.2, 0.25) is 5.02 Å². The highest BCUT2D eigenvalue weighted by atomic mass is 35.5. The molecule has 23 heavy (non-hydrogen) atoms. The van der Waals surface area contributed by atoms with E-state index in [0.717, 1.165) is 4.40 Å². The summed E-state index contributed by atoms with van der Waals surface area (Å²) < 4.78 is 7.39. The van der Waals surface area contributed by atoms with Crippen LogP contribution in [0.25, 0.3) is 11.5 Å². The monoisotopic (exact) mass is 333 g/mol. The minimum Gasteiger partial charge on any atom is -0.460 e. The summed E-state index contributed by atoms with van der Waals surface area (Å²) in [6.45, 7) is 3.35. The second-order valence-electron chi connectivity index (χ2n) is 4.66. The molecule has 0 bridgehead atoms. The van der Waals surface area contributed by atoms with E-state index in [1.807, 2.05) is 0 Å². The summed E-state index contributed by atoms with van der Waals surface area (Å²) in [5.74, 6) is -0.745. The summed E-state index contributed by atoms with van der Waals surface area (Å²) in [7, 11) is 0. The van der Waals surface area contributed by atoms with E-state index in [1.54, 1.807) is 31.2 Å². The summed E-state index contributed by atoms with van der Waals surface area (Å²) in [6.07, 6.45) is 0. The van der Waals surface area contributed by atoms with E-state index in [9.17, 15) is 9.59 Å². The van der Waals surface area contributed by atoms with Gasteiger partial charge in [-0.25, -0.2) is 9.20 Å². The zero-order valence-corrected chi connectivity index (χ0v) is 13.1. The molecule has 0 radical (unpaired) electrons. The van der Waals surface area contributed by atoms with E-state index >= 15 is 0 Å². The number of halogens is 1. The quantitative estimate of drug-likeness (QED) is 0.673. The number of nitrogens with zero attached hydrogens (tertiary/aromatic N) is 5. The van der Waals surface area contributed by atoms with Crippen LogP contribution in [0.5, 0.6) is 0 Å². The highest BCUT2D eigenvalue weighted by molar-refractivity contribution is 6.30. The van der Waals surface area contributed by atoms with E-state index in [0.29, 0.717) is 10.7 Å². The van der Waals surface area contributed by atoms with Gasteiger partial charge in [0.15, 0.2) is 0 Å². The Bertz CT molecular complexity index is 945. The second-order valence-corrected chi connectivity index (χ2v) is 5.09. The number of rotatable bonds is 3. The van der Waals surface area contributed by atoms with E-state index in [1.165, 1.54) is 11.6 Å².